The number of amides is 1. The van der Waals surface area contributed by atoms with Crippen molar-refractivity contribution in [1.82, 2.24) is 19.4 Å². The molecule has 0 aliphatic rings. The molecule has 6 nitrogen and oxygen atoms in total. The highest BCUT2D eigenvalue weighted by molar-refractivity contribution is 5.92. The lowest BCUT2D eigenvalue weighted by Gasteiger charge is -2.17. The number of aromatic nitrogens is 3. The van der Waals surface area contributed by atoms with Crippen LogP contribution in [-0.4, -0.2) is 51.7 Å². The van der Waals surface area contributed by atoms with Gasteiger partial charge in [0.05, 0.1) is 0 Å². The van der Waals surface area contributed by atoms with E-state index in [9.17, 15) is 18.0 Å². The Morgan fingerprint density at radius 3 is 2.76 bits per heavy atom. The molecule has 0 bridgehead atoms. The first kappa shape index (κ1) is 18.8. The summed E-state index contributed by atoms with van der Waals surface area (Å²) in [5, 5.41) is 0. The van der Waals surface area contributed by atoms with Gasteiger partial charge in [-0.1, -0.05) is 6.07 Å². The maximum Gasteiger partial charge on any atom is 0.422 e. The predicted molar refractivity (Wildman–Crippen MR) is 84.3 cm³/mol. The van der Waals surface area contributed by atoms with E-state index in [-0.39, 0.29) is 17.5 Å². The predicted octanol–water partition coefficient (Wildman–Crippen LogP) is 2.69. The van der Waals surface area contributed by atoms with Crippen LogP contribution in [0.5, 0.6) is 5.88 Å². The van der Waals surface area contributed by atoms with Gasteiger partial charge in [-0.25, -0.2) is 9.97 Å². The van der Waals surface area contributed by atoms with Crippen LogP contribution >= 0.6 is 0 Å². The minimum atomic E-state index is -4.45. The summed E-state index contributed by atoms with van der Waals surface area (Å²) in [5.41, 5.74) is 0.0426. The third-order valence-corrected chi connectivity index (χ3v) is 3.49. The molecule has 0 saturated carbocycles. The summed E-state index contributed by atoms with van der Waals surface area (Å²) in [6.45, 7) is 1.64. The molecule has 2 heterocycles. The second-order valence-electron chi connectivity index (χ2n) is 5.51. The van der Waals surface area contributed by atoms with Crippen molar-refractivity contribution in [2.75, 3.05) is 20.2 Å². The largest absolute Gasteiger partial charge is 0.468 e. The van der Waals surface area contributed by atoms with Crippen LogP contribution in [0.1, 0.15) is 22.7 Å². The standard InChI is InChI=1S/C16H19F3N4O2/c1-12-20-7-10-23(12)9-4-8-22(2)15(24)13-5-3-6-14(21-13)25-11-16(17,18)19/h3,5-7,10H,4,8-9,11H2,1-2H3. The van der Waals surface area contributed by atoms with Crippen molar-refractivity contribution in [2.45, 2.75) is 26.1 Å². The van der Waals surface area contributed by atoms with Gasteiger partial charge >= 0.3 is 6.18 Å². The zero-order valence-electron chi connectivity index (χ0n) is 14.0. The molecule has 0 saturated heterocycles. The van der Waals surface area contributed by atoms with E-state index in [4.69, 9.17) is 0 Å². The Balaban J connectivity index is 1.89. The van der Waals surface area contributed by atoms with Gasteiger partial charge in [0, 0.05) is 38.6 Å². The fraction of sp³-hybridized carbons (Fsp3) is 0.438. The summed E-state index contributed by atoms with van der Waals surface area (Å²) in [6, 6.07) is 4.16. The minimum Gasteiger partial charge on any atom is -0.468 e. The number of ether oxygens (including phenoxy) is 1. The topological polar surface area (TPSA) is 60.2 Å². The quantitative estimate of drug-likeness (QED) is 0.765. The third-order valence-electron chi connectivity index (χ3n) is 3.49. The van der Waals surface area contributed by atoms with Gasteiger partial charge in [-0.2, -0.15) is 13.2 Å². The zero-order valence-corrected chi connectivity index (χ0v) is 14.0. The number of pyridine rings is 1. The highest BCUT2D eigenvalue weighted by atomic mass is 19.4. The Morgan fingerprint density at radius 1 is 1.36 bits per heavy atom. The summed E-state index contributed by atoms with van der Waals surface area (Å²) in [6.07, 6.45) is -0.172. The number of carbonyl (C=O) groups is 1. The van der Waals surface area contributed by atoms with Gasteiger partial charge in [0.25, 0.3) is 5.91 Å². The zero-order chi connectivity index (χ0) is 18.4. The normalized spacial score (nSPS) is 11.4. The van der Waals surface area contributed by atoms with E-state index < -0.39 is 12.8 Å². The third kappa shape index (κ3) is 5.77. The molecule has 25 heavy (non-hydrogen) atoms. The van der Waals surface area contributed by atoms with Crippen LogP contribution in [0.15, 0.2) is 30.6 Å². The number of rotatable bonds is 7. The number of alkyl halides is 3. The van der Waals surface area contributed by atoms with Crippen LogP contribution in [0, 0.1) is 6.92 Å². The fourth-order valence-corrected chi connectivity index (χ4v) is 2.19. The van der Waals surface area contributed by atoms with Crippen molar-refractivity contribution in [3.05, 3.63) is 42.1 Å². The number of hydrogen-bond donors (Lipinski definition) is 0. The first-order valence-electron chi connectivity index (χ1n) is 7.66. The molecular formula is C16H19F3N4O2. The van der Waals surface area contributed by atoms with Crippen molar-refractivity contribution in [3.63, 3.8) is 0 Å². The van der Waals surface area contributed by atoms with Gasteiger partial charge < -0.3 is 14.2 Å². The van der Waals surface area contributed by atoms with Crippen LogP contribution < -0.4 is 4.74 Å². The van der Waals surface area contributed by atoms with Crippen LogP contribution in [0.2, 0.25) is 0 Å². The van der Waals surface area contributed by atoms with E-state index in [1.165, 1.54) is 23.1 Å². The molecule has 2 aromatic heterocycles. The van der Waals surface area contributed by atoms with Gasteiger partial charge in [-0.3, -0.25) is 4.79 Å². The van der Waals surface area contributed by atoms with Gasteiger partial charge in [0.15, 0.2) is 6.61 Å². The van der Waals surface area contributed by atoms with E-state index in [0.717, 1.165) is 5.82 Å². The Kier molecular flexibility index (Phi) is 6.00. The van der Waals surface area contributed by atoms with Gasteiger partial charge in [0.2, 0.25) is 5.88 Å². The van der Waals surface area contributed by atoms with Gasteiger partial charge in [-0.05, 0) is 19.4 Å². The lowest BCUT2D eigenvalue weighted by Crippen LogP contribution is -2.29. The number of aryl methyl sites for hydroxylation is 2. The highest BCUT2D eigenvalue weighted by Gasteiger charge is 2.28. The Morgan fingerprint density at radius 2 is 2.12 bits per heavy atom. The summed E-state index contributed by atoms with van der Waals surface area (Å²) < 4.78 is 43.1. The van der Waals surface area contributed by atoms with Crippen molar-refractivity contribution >= 4 is 5.91 Å². The Hall–Kier alpha value is -2.58. The van der Waals surface area contributed by atoms with E-state index in [2.05, 4.69) is 14.7 Å². The number of imidazole rings is 1. The van der Waals surface area contributed by atoms with Crippen LogP contribution in [0.25, 0.3) is 0 Å². The van der Waals surface area contributed by atoms with Crippen molar-refractivity contribution < 1.29 is 22.7 Å². The highest BCUT2D eigenvalue weighted by Crippen LogP contribution is 2.17. The van der Waals surface area contributed by atoms with E-state index in [0.29, 0.717) is 19.5 Å². The monoisotopic (exact) mass is 356 g/mol. The number of nitrogens with zero attached hydrogens (tertiary/aromatic N) is 4. The van der Waals surface area contributed by atoms with Crippen LogP contribution in [0.4, 0.5) is 13.2 Å². The Labute approximate surface area is 143 Å². The SMILES string of the molecule is Cc1nccn1CCCN(C)C(=O)c1cccc(OCC(F)(F)F)n1. The molecule has 1 amide bonds. The molecule has 0 radical (unpaired) electrons. The van der Waals surface area contributed by atoms with Crippen molar-refractivity contribution in [3.8, 4) is 5.88 Å². The molecule has 2 aromatic rings. The second-order valence-corrected chi connectivity index (χ2v) is 5.51. The first-order chi connectivity index (χ1) is 11.8. The average molecular weight is 356 g/mol. The molecule has 2 rings (SSSR count). The lowest BCUT2D eigenvalue weighted by atomic mass is 10.3. The summed E-state index contributed by atoms with van der Waals surface area (Å²) in [7, 11) is 1.62. The second kappa shape index (κ2) is 8.00. The molecule has 0 N–H and O–H groups in total. The molecule has 0 aliphatic carbocycles. The van der Waals surface area contributed by atoms with Gasteiger partial charge in [0.1, 0.15) is 11.5 Å². The van der Waals surface area contributed by atoms with Crippen molar-refractivity contribution in [1.29, 1.82) is 0 Å². The number of carbonyl (C=O) groups excluding carboxylic acids is 1. The molecule has 0 fully saturated rings. The maximum absolute atomic E-state index is 12.3. The fourth-order valence-electron chi connectivity index (χ4n) is 2.19. The molecule has 136 valence electrons. The molecule has 0 atom stereocenters. The molecule has 9 heteroatoms. The maximum atomic E-state index is 12.3. The van der Waals surface area contributed by atoms with E-state index in [1.54, 1.807) is 13.2 Å². The van der Waals surface area contributed by atoms with E-state index in [1.807, 2.05) is 17.7 Å². The summed E-state index contributed by atoms with van der Waals surface area (Å²) in [4.78, 5) is 21.8. The first-order valence-corrected chi connectivity index (χ1v) is 7.66. The van der Waals surface area contributed by atoms with Crippen molar-refractivity contribution in [2.24, 2.45) is 0 Å². The van der Waals surface area contributed by atoms with Gasteiger partial charge in [-0.15, -0.1) is 0 Å². The summed E-state index contributed by atoms with van der Waals surface area (Å²) in [5.74, 6) is 0.288. The van der Waals surface area contributed by atoms with E-state index >= 15 is 0 Å². The lowest BCUT2D eigenvalue weighted by molar-refractivity contribution is -0.154. The minimum absolute atomic E-state index is 0.0426. The molecule has 0 unspecified atom stereocenters. The average Bonchev–Trinajstić information content (AvgIpc) is 2.97. The van der Waals surface area contributed by atoms with Crippen LogP contribution in [-0.2, 0) is 6.54 Å². The number of hydrogen-bond acceptors (Lipinski definition) is 4. The van der Waals surface area contributed by atoms with Crippen LogP contribution in [0.3, 0.4) is 0 Å². The Bertz CT molecular complexity index is 715. The molecule has 0 aromatic carbocycles. The molecule has 0 aliphatic heterocycles. The smallest absolute Gasteiger partial charge is 0.422 e. The molecular weight excluding hydrogens is 337 g/mol. The number of halogens is 3. The summed E-state index contributed by atoms with van der Waals surface area (Å²) >= 11 is 0. The molecule has 0 spiro atoms.